The first-order valence-corrected chi connectivity index (χ1v) is 16.8. The molecule has 0 spiro atoms. The Balaban J connectivity index is 0.965. The fourth-order valence-corrected chi connectivity index (χ4v) is 8.38. The predicted octanol–water partition coefficient (Wildman–Crippen LogP) is 3.94. The van der Waals surface area contributed by atoms with Crippen LogP contribution in [0.5, 0.6) is 5.75 Å². The van der Waals surface area contributed by atoms with Crippen LogP contribution in [0.25, 0.3) is 10.6 Å². The Morgan fingerprint density at radius 3 is 2.58 bits per heavy atom. The molecule has 1 aliphatic carbocycles. The van der Waals surface area contributed by atoms with Gasteiger partial charge in [0.15, 0.2) is 0 Å². The van der Waals surface area contributed by atoms with E-state index < -0.39 is 11.2 Å². The molecule has 1 amide bonds. The van der Waals surface area contributed by atoms with Gasteiger partial charge < -0.3 is 19.1 Å². The molecule has 0 unspecified atom stereocenters. The van der Waals surface area contributed by atoms with Crippen LogP contribution in [0.2, 0.25) is 0 Å². The minimum atomic E-state index is -0.646. The van der Waals surface area contributed by atoms with Gasteiger partial charge in [0.05, 0.1) is 12.2 Å². The normalized spacial score (nSPS) is 25.1. The van der Waals surface area contributed by atoms with Crippen molar-refractivity contribution in [1.29, 1.82) is 0 Å². The molecule has 2 aromatic rings. The number of fused-ring (bicyclic) bond motifs is 1. The van der Waals surface area contributed by atoms with Gasteiger partial charge >= 0.3 is 0 Å². The van der Waals surface area contributed by atoms with Gasteiger partial charge in [0.1, 0.15) is 28.4 Å². The number of ether oxygens (including phenoxy) is 1. The molecule has 3 fully saturated rings. The van der Waals surface area contributed by atoms with Crippen LogP contribution in [0.4, 0.5) is 0 Å². The maximum atomic E-state index is 12.9. The van der Waals surface area contributed by atoms with Crippen molar-refractivity contribution in [1.82, 2.24) is 19.7 Å². The van der Waals surface area contributed by atoms with Gasteiger partial charge in [0.2, 0.25) is 5.91 Å². The summed E-state index contributed by atoms with van der Waals surface area (Å²) in [6.45, 7) is 6.67. The van der Waals surface area contributed by atoms with Gasteiger partial charge in [-0.2, -0.15) is 0 Å². The Hall–Kier alpha value is -1.65. The van der Waals surface area contributed by atoms with E-state index in [1.54, 1.807) is 11.3 Å². The number of piperidine rings is 1. The van der Waals surface area contributed by atoms with Crippen LogP contribution in [0.1, 0.15) is 55.5 Å². The van der Waals surface area contributed by atoms with Crippen LogP contribution in [-0.2, 0) is 28.9 Å². The molecule has 9 heteroatoms. The molecule has 3 aliphatic heterocycles. The molecule has 4 heterocycles. The highest BCUT2D eigenvalue weighted by molar-refractivity contribution is 7.91. The number of carbonyl (C=O) groups excluding carboxylic acids is 1. The molecule has 0 N–H and O–H groups in total. The molecule has 1 aromatic carbocycles. The van der Waals surface area contributed by atoms with E-state index in [0.717, 1.165) is 91.4 Å². The molecule has 0 atom stereocenters. The zero-order chi connectivity index (χ0) is 25.9. The zero-order valence-electron chi connectivity index (χ0n) is 22.3. The van der Waals surface area contributed by atoms with Crippen LogP contribution >= 0.6 is 11.3 Å². The summed E-state index contributed by atoms with van der Waals surface area (Å²) in [5.74, 6) is 2.73. The number of nitrogens with zero attached hydrogens (tertiary/aromatic N) is 4. The molecule has 7 nitrogen and oxygen atoms in total. The predicted molar refractivity (Wildman–Crippen MR) is 153 cm³/mol. The molecule has 206 valence electrons. The van der Waals surface area contributed by atoms with Crippen LogP contribution in [0.15, 0.2) is 24.3 Å². The van der Waals surface area contributed by atoms with E-state index in [1.807, 2.05) is 4.90 Å². The molecule has 0 radical (unpaired) electrons. The van der Waals surface area contributed by atoms with E-state index >= 15 is 0 Å². The first-order valence-electron chi connectivity index (χ1n) is 14.5. The van der Waals surface area contributed by atoms with Crippen molar-refractivity contribution in [3.8, 4) is 16.3 Å². The summed E-state index contributed by atoms with van der Waals surface area (Å²) in [6, 6.07) is 9.13. The molecule has 1 saturated carbocycles. The van der Waals surface area contributed by atoms with Gasteiger partial charge in [-0.3, -0.25) is 9.69 Å². The van der Waals surface area contributed by atoms with Crippen molar-refractivity contribution in [3.05, 3.63) is 34.8 Å². The smallest absolute Gasteiger partial charge is 0.222 e. The van der Waals surface area contributed by atoms with Crippen molar-refractivity contribution in [3.63, 3.8) is 0 Å². The molecule has 4 aliphatic rings. The summed E-state index contributed by atoms with van der Waals surface area (Å²) in [4.78, 5) is 26.0. The lowest BCUT2D eigenvalue weighted by atomic mass is 9.86. The van der Waals surface area contributed by atoms with Crippen molar-refractivity contribution >= 4 is 28.4 Å². The van der Waals surface area contributed by atoms with Crippen molar-refractivity contribution < 1.29 is 14.1 Å². The lowest BCUT2D eigenvalue weighted by Gasteiger charge is -2.44. The maximum absolute atomic E-state index is 12.9. The quantitative estimate of drug-likeness (QED) is 0.459. The Kier molecular flexibility index (Phi) is 8.56. The van der Waals surface area contributed by atoms with Gasteiger partial charge in [0.25, 0.3) is 0 Å². The minimum absolute atomic E-state index is 0.242. The van der Waals surface area contributed by atoms with E-state index in [9.17, 15) is 9.35 Å². The summed E-state index contributed by atoms with van der Waals surface area (Å²) in [7, 11) is 0. The van der Waals surface area contributed by atoms with Gasteiger partial charge in [-0.05, 0) is 63.2 Å². The Labute approximate surface area is 233 Å². The standard InChI is InChI=1S/C29H40N4O3S2/c34-28(5-4-11-31-15-17-38(35)18-16-31)33-14-10-26-27(21-33)37-29(30-26)22-6-8-24(9-7-22)36-25-19-23(20-25)32-12-2-1-3-13-32/h6-9,23,25H,1-5,10-21H2. The first-order chi connectivity index (χ1) is 18.6. The largest absolute Gasteiger partial charge is 0.616 e. The first kappa shape index (κ1) is 26.6. The monoisotopic (exact) mass is 556 g/mol. The summed E-state index contributed by atoms with van der Waals surface area (Å²) in [6.07, 6.45) is 9.01. The summed E-state index contributed by atoms with van der Waals surface area (Å²) < 4.78 is 17.8. The number of benzene rings is 1. The van der Waals surface area contributed by atoms with Crippen LogP contribution in [0.3, 0.4) is 0 Å². The number of amides is 1. The summed E-state index contributed by atoms with van der Waals surface area (Å²) in [5, 5.41) is 1.03. The van der Waals surface area contributed by atoms with E-state index in [-0.39, 0.29) is 5.91 Å². The lowest BCUT2D eigenvalue weighted by molar-refractivity contribution is -0.132. The number of hydrogen-bond acceptors (Lipinski definition) is 7. The average Bonchev–Trinajstić information content (AvgIpc) is 3.36. The molecule has 2 saturated heterocycles. The Morgan fingerprint density at radius 2 is 1.82 bits per heavy atom. The molecule has 1 aromatic heterocycles. The van der Waals surface area contributed by atoms with Crippen LogP contribution in [0, 0.1) is 0 Å². The molecule has 6 rings (SSSR count). The van der Waals surface area contributed by atoms with E-state index in [1.165, 1.54) is 37.2 Å². The van der Waals surface area contributed by atoms with E-state index in [0.29, 0.717) is 19.1 Å². The Morgan fingerprint density at radius 1 is 1.05 bits per heavy atom. The maximum Gasteiger partial charge on any atom is 0.222 e. The van der Waals surface area contributed by atoms with Gasteiger partial charge in [-0.25, -0.2) is 4.98 Å². The number of aromatic nitrogens is 1. The number of rotatable bonds is 8. The number of thiazole rings is 1. The second-order valence-corrected chi connectivity index (χ2v) is 14.0. The SMILES string of the molecule is O=C(CCCN1CC[S+]([O-])CC1)N1CCc2nc(-c3ccc(OC4CC(N5CCCCC5)C4)cc3)sc2C1. The highest BCUT2D eigenvalue weighted by Crippen LogP contribution is 2.35. The van der Waals surface area contributed by atoms with Crippen molar-refractivity contribution in [2.45, 2.75) is 70.1 Å². The summed E-state index contributed by atoms with van der Waals surface area (Å²) >= 11 is 1.07. The molecular formula is C29H40N4O3S2. The second-order valence-electron chi connectivity index (χ2n) is 11.2. The topological polar surface area (TPSA) is 72.0 Å². The number of carbonyl (C=O) groups is 1. The van der Waals surface area contributed by atoms with Gasteiger partial charge in [0, 0.05) is 61.8 Å². The average molecular weight is 557 g/mol. The fourth-order valence-electron chi connectivity index (χ4n) is 6.13. The van der Waals surface area contributed by atoms with Gasteiger partial charge in [-0.1, -0.05) is 17.6 Å². The summed E-state index contributed by atoms with van der Waals surface area (Å²) in [5.41, 5.74) is 2.27. The van der Waals surface area contributed by atoms with E-state index in [4.69, 9.17) is 9.72 Å². The molecule has 38 heavy (non-hydrogen) atoms. The third-order valence-corrected chi connectivity index (χ3v) is 11.0. The van der Waals surface area contributed by atoms with Crippen molar-refractivity contribution in [2.24, 2.45) is 0 Å². The lowest BCUT2D eigenvalue weighted by Crippen LogP contribution is -2.50. The van der Waals surface area contributed by atoms with Crippen molar-refractivity contribution in [2.75, 3.05) is 50.8 Å². The number of likely N-dealkylation sites (tertiary alicyclic amines) is 1. The minimum Gasteiger partial charge on any atom is -0.616 e. The highest BCUT2D eigenvalue weighted by atomic mass is 32.2. The fraction of sp³-hybridized carbons (Fsp3) is 0.655. The highest BCUT2D eigenvalue weighted by Gasteiger charge is 2.35. The van der Waals surface area contributed by atoms with Crippen LogP contribution in [-0.4, -0.2) is 93.1 Å². The molecule has 0 bridgehead atoms. The molecular weight excluding hydrogens is 516 g/mol. The third-order valence-electron chi connectivity index (χ3n) is 8.60. The van der Waals surface area contributed by atoms with E-state index in [2.05, 4.69) is 34.1 Å². The second kappa shape index (κ2) is 12.3. The third kappa shape index (κ3) is 6.39. The van der Waals surface area contributed by atoms with Crippen LogP contribution < -0.4 is 4.74 Å². The number of hydrogen-bond donors (Lipinski definition) is 0. The van der Waals surface area contributed by atoms with Gasteiger partial charge in [-0.15, -0.1) is 11.3 Å². The Bertz CT molecular complexity index is 1070. The zero-order valence-corrected chi connectivity index (χ0v) is 23.9.